The SMILES string of the molecule is Cc1ccc(-c2nc3ncnc(N)c3[nH]2)cc1F. The number of nitrogens with zero attached hydrogens (tertiary/aromatic N) is 3. The summed E-state index contributed by atoms with van der Waals surface area (Å²) >= 11 is 0. The lowest BCUT2D eigenvalue weighted by Crippen LogP contribution is -1.91. The summed E-state index contributed by atoms with van der Waals surface area (Å²) in [7, 11) is 0. The second-order valence-corrected chi connectivity index (χ2v) is 4.01. The van der Waals surface area contributed by atoms with Gasteiger partial charge in [0.1, 0.15) is 23.5 Å². The minimum Gasteiger partial charge on any atom is -0.382 e. The van der Waals surface area contributed by atoms with E-state index in [0.29, 0.717) is 33.9 Å². The molecule has 2 heterocycles. The molecule has 3 rings (SSSR count). The van der Waals surface area contributed by atoms with Crippen molar-refractivity contribution in [3.63, 3.8) is 0 Å². The summed E-state index contributed by atoms with van der Waals surface area (Å²) in [6.07, 6.45) is 1.35. The molecule has 90 valence electrons. The Kier molecular flexibility index (Phi) is 2.22. The van der Waals surface area contributed by atoms with E-state index >= 15 is 0 Å². The highest BCUT2D eigenvalue weighted by molar-refractivity contribution is 5.84. The molecule has 18 heavy (non-hydrogen) atoms. The molecule has 0 atom stereocenters. The number of halogens is 1. The van der Waals surface area contributed by atoms with E-state index in [1.807, 2.05) is 0 Å². The Balaban J connectivity index is 2.19. The van der Waals surface area contributed by atoms with Gasteiger partial charge in [-0.25, -0.2) is 19.3 Å². The van der Waals surface area contributed by atoms with E-state index in [4.69, 9.17) is 5.73 Å². The lowest BCUT2D eigenvalue weighted by molar-refractivity contribution is 0.619. The van der Waals surface area contributed by atoms with Crippen LogP contribution in [-0.4, -0.2) is 19.9 Å². The molecule has 0 aliphatic rings. The Morgan fingerprint density at radius 3 is 2.83 bits per heavy atom. The molecule has 2 aromatic heterocycles. The minimum atomic E-state index is -0.271. The lowest BCUT2D eigenvalue weighted by atomic mass is 10.1. The van der Waals surface area contributed by atoms with E-state index in [9.17, 15) is 4.39 Å². The normalized spacial score (nSPS) is 11.0. The highest BCUT2D eigenvalue weighted by atomic mass is 19.1. The summed E-state index contributed by atoms with van der Waals surface area (Å²) in [5.74, 6) is 0.578. The maximum Gasteiger partial charge on any atom is 0.183 e. The van der Waals surface area contributed by atoms with Gasteiger partial charge in [-0.1, -0.05) is 12.1 Å². The molecule has 5 nitrogen and oxygen atoms in total. The molecule has 0 bridgehead atoms. The third-order valence-corrected chi connectivity index (χ3v) is 2.76. The standard InChI is InChI=1S/C12H10FN5/c1-6-2-3-7(4-8(6)13)11-17-9-10(14)15-5-16-12(9)18-11/h2-5H,1H3,(H3,14,15,16,17,18). The number of benzene rings is 1. The molecule has 0 radical (unpaired) electrons. The summed E-state index contributed by atoms with van der Waals surface area (Å²) in [5, 5.41) is 0. The molecule has 3 N–H and O–H groups in total. The Morgan fingerprint density at radius 1 is 1.28 bits per heavy atom. The van der Waals surface area contributed by atoms with Gasteiger partial charge < -0.3 is 10.7 Å². The zero-order chi connectivity index (χ0) is 12.7. The van der Waals surface area contributed by atoms with Crippen LogP contribution in [-0.2, 0) is 0 Å². The van der Waals surface area contributed by atoms with Crippen LogP contribution in [0.15, 0.2) is 24.5 Å². The number of aryl methyl sites for hydroxylation is 1. The topological polar surface area (TPSA) is 80.5 Å². The fourth-order valence-electron chi connectivity index (χ4n) is 1.72. The first-order chi connectivity index (χ1) is 8.65. The smallest absolute Gasteiger partial charge is 0.183 e. The molecule has 0 aliphatic heterocycles. The third-order valence-electron chi connectivity index (χ3n) is 2.76. The quantitative estimate of drug-likeness (QED) is 0.685. The maximum absolute atomic E-state index is 13.5. The van der Waals surface area contributed by atoms with E-state index in [2.05, 4.69) is 19.9 Å². The van der Waals surface area contributed by atoms with Crippen LogP contribution < -0.4 is 5.73 Å². The van der Waals surface area contributed by atoms with Gasteiger partial charge in [0, 0.05) is 5.56 Å². The molecule has 0 fully saturated rings. The van der Waals surface area contributed by atoms with E-state index in [1.54, 1.807) is 19.1 Å². The van der Waals surface area contributed by atoms with Crippen molar-refractivity contribution >= 4 is 17.0 Å². The van der Waals surface area contributed by atoms with Crippen LogP contribution >= 0.6 is 0 Å². The van der Waals surface area contributed by atoms with Gasteiger partial charge >= 0.3 is 0 Å². The van der Waals surface area contributed by atoms with E-state index in [1.165, 1.54) is 12.4 Å². The first-order valence-electron chi connectivity index (χ1n) is 5.38. The van der Waals surface area contributed by atoms with Gasteiger partial charge in [0.05, 0.1) is 0 Å². The van der Waals surface area contributed by atoms with E-state index in [-0.39, 0.29) is 5.82 Å². The van der Waals surface area contributed by atoms with Crippen LogP contribution in [0.5, 0.6) is 0 Å². The first kappa shape index (κ1) is 10.6. The number of nitrogens with one attached hydrogen (secondary N) is 1. The van der Waals surface area contributed by atoms with Crippen LogP contribution in [0.25, 0.3) is 22.6 Å². The number of nitrogens with two attached hydrogens (primary N) is 1. The van der Waals surface area contributed by atoms with Crippen molar-refractivity contribution in [3.05, 3.63) is 35.9 Å². The number of rotatable bonds is 1. The van der Waals surface area contributed by atoms with Crippen molar-refractivity contribution in [2.75, 3.05) is 5.73 Å². The van der Waals surface area contributed by atoms with Gasteiger partial charge in [0.2, 0.25) is 0 Å². The molecule has 0 saturated heterocycles. The largest absolute Gasteiger partial charge is 0.382 e. The van der Waals surface area contributed by atoms with Crippen molar-refractivity contribution in [1.82, 2.24) is 19.9 Å². The first-order valence-corrected chi connectivity index (χ1v) is 5.38. The number of imidazole rings is 1. The van der Waals surface area contributed by atoms with Crippen molar-refractivity contribution in [3.8, 4) is 11.4 Å². The monoisotopic (exact) mass is 243 g/mol. The molecule has 0 amide bonds. The van der Waals surface area contributed by atoms with Crippen LogP contribution in [0.2, 0.25) is 0 Å². The molecule has 0 aliphatic carbocycles. The number of aromatic nitrogens is 4. The zero-order valence-corrected chi connectivity index (χ0v) is 9.61. The third kappa shape index (κ3) is 1.58. The number of anilines is 1. The van der Waals surface area contributed by atoms with Gasteiger partial charge in [0.25, 0.3) is 0 Å². The van der Waals surface area contributed by atoms with E-state index < -0.39 is 0 Å². The minimum absolute atomic E-state index is 0.271. The molecule has 0 saturated carbocycles. The fraction of sp³-hybridized carbons (Fsp3) is 0.0833. The van der Waals surface area contributed by atoms with Crippen LogP contribution in [0.1, 0.15) is 5.56 Å². The van der Waals surface area contributed by atoms with Crippen LogP contribution in [0.4, 0.5) is 10.2 Å². The van der Waals surface area contributed by atoms with Crippen molar-refractivity contribution in [1.29, 1.82) is 0 Å². The predicted octanol–water partition coefficient (Wildman–Crippen LogP) is 2.05. The summed E-state index contributed by atoms with van der Waals surface area (Å²) in [6.45, 7) is 1.71. The van der Waals surface area contributed by atoms with Gasteiger partial charge in [-0.3, -0.25) is 0 Å². The molecule has 1 aromatic carbocycles. The second kappa shape index (κ2) is 3.76. The highest BCUT2D eigenvalue weighted by Gasteiger charge is 2.10. The van der Waals surface area contributed by atoms with Crippen LogP contribution in [0, 0.1) is 12.7 Å². The molecule has 6 heteroatoms. The van der Waals surface area contributed by atoms with Gasteiger partial charge in [-0.15, -0.1) is 0 Å². The zero-order valence-electron chi connectivity index (χ0n) is 9.61. The Morgan fingerprint density at radius 2 is 2.11 bits per heavy atom. The predicted molar refractivity (Wildman–Crippen MR) is 66.2 cm³/mol. The molecular weight excluding hydrogens is 233 g/mol. The van der Waals surface area contributed by atoms with Gasteiger partial charge in [-0.2, -0.15) is 0 Å². The maximum atomic E-state index is 13.5. The number of hydrogen-bond donors (Lipinski definition) is 2. The number of fused-ring (bicyclic) bond motifs is 1. The van der Waals surface area contributed by atoms with Crippen molar-refractivity contribution < 1.29 is 4.39 Å². The second-order valence-electron chi connectivity index (χ2n) is 4.01. The van der Waals surface area contributed by atoms with Crippen LogP contribution in [0.3, 0.4) is 0 Å². The summed E-state index contributed by atoms with van der Waals surface area (Å²) < 4.78 is 13.5. The molecular formula is C12H10FN5. The van der Waals surface area contributed by atoms with Gasteiger partial charge in [-0.05, 0) is 18.6 Å². The number of aromatic amines is 1. The molecule has 0 unspecified atom stereocenters. The van der Waals surface area contributed by atoms with Crippen molar-refractivity contribution in [2.45, 2.75) is 6.92 Å². The summed E-state index contributed by atoms with van der Waals surface area (Å²) in [6, 6.07) is 4.92. The summed E-state index contributed by atoms with van der Waals surface area (Å²) in [5.41, 5.74) is 7.98. The number of hydrogen-bond acceptors (Lipinski definition) is 4. The number of nitrogen functional groups attached to an aromatic ring is 1. The van der Waals surface area contributed by atoms with Gasteiger partial charge in [0.15, 0.2) is 11.5 Å². The average molecular weight is 243 g/mol. The Hall–Kier alpha value is -2.50. The Bertz CT molecular complexity index is 734. The average Bonchev–Trinajstić information content (AvgIpc) is 2.78. The highest BCUT2D eigenvalue weighted by Crippen LogP contribution is 2.22. The Labute approximate surface area is 102 Å². The van der Waals surface area contributed by atoms with Crippen molar-refractivity contribution in [2.24, 2.45) is 0 Å². The molecule has 3 aromatic rings. The lowest BCUT2D eigenvalue weighted by Gasteiger charge is -1.99. The molecule has 0 spiro atoms. The van der Waals surface area contributed by atoms with E-state index in [0.717, 1.165) is 0 Å². The number of H-pyrrole nitrogens is 1. The fourth-order valence-corrected chi connectivity index (χ4v) is 1.72. The summed E-state index contributed by atoms with van der Waals surface area (Å²) in [4.78, 5) is 15.1.